The second-order valence-electron chi connectivity index (χ2n) is 3.34. The van der Waals surface area contributed by atoms with Gasteiger partial charge in [0, 0.05) is 5.92 Å². The molecule has 1 atom stereocenters. The zero-order valence-electron chi connectivity index (χ0n) is 8.00. The molecule has 0 saturated heterocycles. The Morgan fingerprint density at radius 2 is 2.46 bits per heavy atom. The summed E-state index contributed by atoms with van der Waals surface area (Å²) < 4.78 is 0. The molecule has 0 fully saturated rings. The number of amides is 2. The molecule has 72 valence electrons. The van der Waals surface area contributed by atoms with Crippen molar-refractivity contribution in [3.8, 4) is 0 Å². The van der Waals surface area contributed by atoms with Gasteiger partial charge < -0.3 is 5.73 Å². The van der Waals surface area contributed by atoms with Crippen LogP contribution in [-0.4, -0.2) is 11.7 Å². The van der Waals surface area contributed by atoms with Crippen molar-refractivity contribution >= 4 is 11.7 Å². The first kappa shape index (κ1) is 9.77. The fourth-order valence-corrected chi connectivity index (χ4v) is 1.49. The molecular formula is C9H15N3O. The van der Waals surface area contributed by atoms with Gasteiger partial charge in [0.2, 0.25) is 0 Å². The average molecular weight is 181 g/mol. The minimum absolute atomic E-state index is 0.400. The number of nitrogens with zero attached hydrogens (tertiary/aromatic N) is 1. The highest BCUT2D eigenvalue weighted by Crippen LogP contribution is 2.20. The zero-order chi connectivity index (χ0) is 9.84. The number of nitrogens with two attached hydrogens (primary N) is 1. The standard InChI is InChI=1S/C9H15N3O/c1-6-4-3-5-7(2)8(6)11-12-9(10)13/h4,7H,3,5H2,1-2H3,(H3,10,12,13)/b11-8+. The van der Waals surface area contributed by atoms with E-state index in [1.807, 2.05) is 6.92 Å². The van der Waals surface area contributed by atoms with E-state index in [4.69, 9.17) is 5.73 Å². The number of allylic oxidation sites excluding steroid dienone is 2. The molecule has 0 aromatic carbocycles. The van der Waals surface area contributed by atoms with Gasteiger partial charge in [0.25, 0.3) is 0 Å². The summed E-state index contributed by atoms with van der Waals surface area (Å²) in [7, 11) is 0. The van der Waals surface area contributed by atoms with Gasteiger partial charge in [-0.25, -0.2) is 10.2 Å². The first-order valence-electron chi connectivity index (χ1n) is 4.41. The van der Waals surface area contributed by atoms with Crippen LogP contribution in [0.25, 0.3) is 0 Å². The predicted molar refractivity (Wildman–Crippen MR) is 52.3 cm³/mol. The van der Waals surface area contributed by atoms with Crippen molar-refractivity contribution in [3.63, 3.8) is 0 Å². The smallest absolute Gasteiger partial charge is 0.332 e. The van der Waals surface area contributed by atoms with Crippen LogP contribution in [0.4, 0.5) is 4.79 Å². The summed E-state index contributed by atoms with van der Waals surface area (Å²) in [5, 5.41) is 3.97. The molecule has 1 aliphatic carbocycles. The Kier molecular flexibility index (Phi) is 3.06. The third-order valence-corrected chi connectivity index (χ3v) is 2.21. The lowest BCUT2D eigenvalue weighted by Gasteiger charge is -2.19. The van der Waals surface area contributed by atoms with E-state index in [0.717, 1.165) is 24.1 Å². The van der Waals surface area contributed by atoms with Crippen LogP contribution in [0.3, 0.4) is 0 Å². The van der Waals surface area contributed by atoms with E-state index >= 15 is 0 Å². The Bertz CT molecular complexity index is 268. The van der Waals surface area contributed by atoms with Crippen LogP contribution in [0, 0.1) is 5.92 Å². The van der Waals surface area contributed by atoms with Crippen LogP contribution in [0.5, 0.6) is 0 Å². The van der Waals surface area contributed by atoms with Gasteiger partial charge in [-0.2, -0.15) is 5.10 Å². The Morgan fingerprint density at radius 1 is 1.77 bits per heavy atom. The molecule has 0 heterocycles. The average Bonchev–Trinajstić information content (AvgIpc) is 2.03. The van der Waals surface area contributed by atoms with Crippen molar-refractivity contribution in [3.05, 3.63) is 11.6 Å². The van der Waals surface area contributed by atoms with Crippen LogP contribution < -0.4 is 11.2 Å². The van der Waals surface area contributed by atoms with E-state index in [2.05, 4.69) is 23.5 Å². The number of nitrogens with one attached hydrogen (secondary N) is 1. The summed E-state index contributed by atoms with van der Waals surface area (Å²) in [4.78, 5) is 10.4. The Balaban J connectivity index is 2.74. The molecule has 0 aromatic rings. The van der Waals surface area contributed by atoms with Gasteiger partial charge in [-0.15, -0.1) is 0 Å². The van der Waals surface area contributed by atoms with Crippen molar-refractivity contribution in [2.75, 3.05) is 0 Å². The third-order valence-electron chi connectivity index (χ3n) is 2.21. The Hall–Kier alpha value is -1.32. The van der Waals surface area contributed by atoms with E-state index < -0.39 is 6.03 Å². The van der Waals surface area contributed by atoms with Crippen molar-refractivity contribution in [2.24, 2.45) is 16.8 Å². The SMILES string of the molecule is CC1=CCCC(C)/C1=N/NC(N)=O. The van der Waals surface area contributed by atoms with Crippen molar-refractivity contribution < 1.29 is 4.79 Å². The van der Waals surface area contributed by atoms with Crippen molar-refractivity contribution in [1.29, 1.82) is 0 Å². The highest BCUT2D eigenvalue weighted by atomic mass is 16.2. The Morgan fingerprint density at radius 3 is 3.00 bits per heavy atom. The van der Waals surface area contributed by atoms with E-state index in [-0.39, 0.29) is 0 Å². The number of hydrazone groups is 1. The van der Waals surface area contributed by atoms with Crippen LogP contribution in [0.2, 0.25) is 0 Å². The molecule has 2 amide bonds. The van der Waals surface area contributed by atoms with E-state index in [1.165, 1.54) is 0 Å². The lowest BCUT2D eigenvalue weighted by Crippen LogP contribution is -2.28. The van der Waals surface area contributed by atoms with Gasteiger partial charge in [0.1, 0.15) is 0 Å². The topological polar surface area (TPSA) is 67.5 Å². The minimum Gasteiger partial charge on any atom is -0.350 e. The van der Waals surface area contributed by atoms with Crippen molar-refractivity contribution in [2.45, 2.75) is 26.7 Å². The summed E-state index contributed by atoms with van der Waals surface area (Å²) in [6.07, 6.45) is 4.29. The fraction of sp³-hybridized carbons (Fsp3) is 0.556. The summed E-state index contributed by atoms with van der Waals surface area (Å²) in [5.41, 5.74) is 9.25. The number of hydrogen-bond acceptors (Lipinski definition) is 2. The highest BCUT2D eigenvalue weighted by molar-refractivity contribution is 6.02. The quantitative estimate of drug-likeness (QED) is 0.590. The van der Waals surface area contributed by atoms with Crippen LogP contribution in [0.1, 0.15) is 26.7 Å². The normalized spacial score (nSPS) is 25.5. The molecule has 13 heavy (non-hydrogen) atoms. The summed E-state index contributed by atoms with van der Waals surface area (Å²) in [6, 6.07) is -0.613. The van der Waals surface area contributed by atoms with E-state index in [0.29, 0.717) is 5.92 Å². The summed E-state index contributed by atoms with van der Waals surface area (Å²) in [6.45, 7) is 4.09. The first-order valence-corrected chi connectivity index (χ1v) is 4.41. The van der Waals surface area contributed by atoms with E-state index in [1.54, 1.807) is 0 Å². The van der Waals surface area contributed by atoms with Gasteiger partial charge in [-0.3, -0.25) is 0 Å². The molecule has 3 N–H and O–H groups in total. The monoisotopic (exact) mass is 181 g/mol. The number of hydrogen-bond donors (Lipinski definition) is 2. The highest BCUT2D eigenvalue weighted by Gasteiger charge is 2.16. The second-order valence-corrected chi connectivity index (χ2v) is 3.34. The van der Waals surface area contributed by atoms with Gasteiger partial charge in [-0.05, 0) is 25.3 Å². The van der Waals surface area contributed by atoms with Gasteiger partial charge >= 0.3 is 6.03 Å². The maximum Gasteiger partial charge on any atom is 0.332 e. The molecule has 0 spiro atoms. The second kappa shape index (κ2) is 4.07. The van der Waals surface area contributed by atoms with Crippen LogP contribution in [-0.2, 0) is 0 Å². The number of urea groups is 1. The van der Waals surface area contributed by atoms with Gasteiger partial charge in [-0.1, -0.05) is 13.0 Å². The van der Waals surface area contributed by atoms with Gasteiger partial charge in [0.15, 0.2) is 0 Å². The van der Waals surface area contributed by atoms with Gasteiger partial charge in [0.05, 0.1) is 5.71 Å². The molecule has 1 unspecified atom stereocenters. The van der Waals surface area contributed by atoms with Crippen LogP contribution >= 0.6 is 0 Å². The molecule has 0 bridgehead atoms. The molecule has 0 radical (unpaired) electrons. The van der Waals surface area contributed by atoms with Crippen molar-refractivity contribution in [1.82, 2.24) is 5.43 Å². The third kappa shape index (κ3) is 2.57. The number of rotatable bonds is 1. The largest absolute Gasteiger partial charge is 0.350 e. The first-order chi connectivity index (χ1) is 6.11. The molecule has 4 heteroatoms. The molecule has 0 saturated carbocycles. The molecule has 0 aliphatic heterocycles. The number of carbonyl (C=O) groups is 1. The van der Waals surface area contributed by atoms with E-state index in [9.17, 15) is 4.79 Å². The fourth-order valence-electron chi connectivity index (χ4n) is 1.49. The maximum absolute atomic E-state index is 10.4. The molecule has 1 rings (SSSR count). The Labute approximate surface area is 77.9 Å². The molecule has 4 nitrogen and oxygen atoms in total. The number of primary amides is 1. The lowest BCUT2D eigenvalue weighted by atomic mass is 9.89. The summed E-state index contributed by atoms with van der Waals surface area (Å²) in [5.74, 6) is 0.400. The molecule has 0 aromatic heterocycles. The zero-order valence-corrected chi connectivity index (χ0v) is 8.00. The lowest BCUT2D eigenvalue weighted by molar-refractivity contribution is 0.249. The number of carbonyl (C=O) groups excluding carboxylic acids is 1. The summed E-state index contributed by atoms with van der Waals surface area (Å²) >= 11 is 0. The van der Waals surface area contributed by atoms with Crippen LogP contribution in [0.15, 0.2) is 16.8 Å². The minimum atomic E-state index is -0.613. The molecule has 1 aliphatic rings. The predicted octanol–water partition coefficient (Wildman–Crippen LogP) is 1.39. The maximum atomic E-state index is 10.4. The molecular weight excluding hydrogens is 166 g/mol.